The van der Waals surface area contributed by atoms with E-state index in [4.69, 9.17) is 4.74 Å². The lowest BCUT2D eigenvalue weighted by atomic mass is 9.87. The molecular formula is C25H23N3O2. The van der Waals surface area contributed by atoms with Gasteiger partial charge >= 0.3 is 0 Å². The molecule has 5 nitrogen and oxygen atoms in total. The molecule has 1 aromatic heterocycles. The average molecular weight is 397 g/mol. The molecule has 0 unspecified atom stereocenters. The number of fused-ring (bicyclic) bond motifs is 3. The third kappa shape index (κ3) is 3.22. The van der Waals surface area contributed by atoms with E-state index in [9.17, 15) is 4.79 Å². The van der Waals surface area contributed by atoms with Gasteiger partial charge in [-0.3, -0.25) is 4.79 Å². The van der Waals surface area contributed by atoms with E-state index < -0.39 is 0 Å². The molecule has 1 amide bonds. The fraction of sp³-hybridized carbons (Fsp3) is 0.200. The van der Waals surface area contributed by atoms with E-state index in [1.807, 2.05) is 73.7 Å². The molecule has 1 aliphatic heterocycles. The van der Waals surface area contributed by atoms with Gasteiger partial charge in [-0.05, 0) is 37.6 Å². The second-order valence-corrected chi connectivity index (χ2v) is 7.55. The van der Waals surface area contributed by atoms with Crippen LogP contribution in [0, 0.1) is 6.92 Å². The Kier molecular flexibility index (Phi) is 4.71. The van der Waals surface area contributed by atoms with Gasteiger partial charge in [0.15, 0.2) is 0 Å². The normalized spacial score (nSPS) is 12.8. The summed E-state index contributed by atoms with van der Waals surface area (Å²) in [5.41, 5.74) is 3.96. The molecule has 4 aromatic rings. The summed E-state index contributed by atoms with van der Waals surface area (Å²) < 4.78 is 8.21. The Bertz CT molecular complexity index is 1180. The van der Waals surface area contributed by atoms with Crippen LogP contribution in [0.4, 0.5) is 0 Å². The third-order valence-corrected chi connectivity index (χ3v) is 5.65. The van der Waals surface area contributed by atoms with Crippen LogP contribution in [-0.2, 0) is 11.3 Å². The van der Waals surface area contributed by atoms with Crippen molar-refractivity contribution >= 4 is 16.9 Å². The van der Waals surface area contributed by atoms with Crippen LogP contribution in [0.15, 0.2) is 72.8 Å². The van der Waals surface area contributed by atoms with E-state index in [1.54, 1.807) is 0 Å². The minimum Gasteiger partial charge on any atom is -0.457 e. The number of nitrogens with zero attached hydrogens (tertiary/aromatic N) is 2. The number of hydrogen-bond donors (Lipinski definition) is 1. The van der Waals surface area contributed by atoms with Crippen LogP contribution in [0.25, 0.3) is 11.0 Å². The van der Waals surface area contributed by atoms with Gasteiger partial charge in [-0.1, -0.05) is 48.5 Å². The maximum absolute atomic E-state index is 13.2. The number of hydrogen-bond acceptors (Lipinski definition) is 3. The standard InChI is InChI=1S/C25H23N3O2/c1-17-27-20-11-4-5-12-21(20)28(17)16-8-15-26-25(29)24-18-9-2-6-13-22(18)30-23-14-7-3-10-19(23)24/h2-7,9-14,24H,8,15-16H2,1H3,(H,26,29). The van der Waals surface area contributed by atoms with Crippen molar-refractivity contribution in [2.24, 2.45) is 0 Å². The van der Waals surface area contributed by atoms with Crippen LogP contribution in [0.2, 0.25) is 0 Å². The Hall–Kier alpha value is -3.60. The molecular weight excluding hydrogens is 374 g/mol. The summed E-state index contributed by atoms with van der Waals surface area (Å²) >= 11 is 0. The Morgan fingerprint density at radius 2 is 1.60 bits per heavy atom. The summed E-state index contributed by atoms with van der Waals surface area (Å²) in [6.07, 6.45) is 0.833. The molecule has 0 radical (unpaired) electrons. The SMILES string of the molecule is Cc1nc2ccccc2n1CCCNC(=O)C1c2ccccc2Oc2ccccc21. The summed E-state index contributed by atoms with van der Waals surface area (Å²) in [6.45, 7) is 3.44. The number of amides is 1. The number of nitrogens with one attached hydrogen (secondary N) is 1. The van der Waals surface area contributed by atoms with E-state index in [0.717, 1.165) is 52.4 Å². The van der Waals surface area contributed by atoms with Crippen LogP contribution < -0.4 is 10.1 Å². The molecule has 5 heteroatoms. The minimum absolute atomic E-state index is 0.00501. The summed E-state index contributed by atoms with van der Waals surface area (Å²) in [5.74, 6) is 2.14. The van der Waals surface area contributed by atoms with Crippen LogP contribution in [0.3, 0.4) is 0 Å². The summed E-state index contributed by atoms with van der Waals surface area (Å²) in [7, 11) is 0. The maximum atomic E-state index is 13.2. The third-order valence-electron chi connectivity index (χ3n) is 5.65. The monoisotopic (exact) mass is 397 g/mol. The van der Waals surface area contributed by atoms with E-state index in [-0.39, 0.29) is 11.8 Å². The molecule has 2 heterocycles. The van der Waals surface area contributed by atoms with Crippen LogP contribution in [0.5, 0.6) is 11.5 Å². The zero-order chi connectivity index (χ0) is 20.5. The predicted octanol–water partition coefficient (Wildman–Crippen LogP) is 4.79. The van der Waals surface area contributed by atoms with Crippen LogP contribution in [0.1, 0.15) is 29.3 Å². The number of carbonyl (C=O) groups is 1. The predicted molar refractivity (Wildman–Crippen MR) is 117 cm³/mol. The van der Waals surface area contributed by atoms with Crippen LogP contribution in [-0.4, -0.2) is 22.0 Å². The summed E-state index contributed by atoms with van der Waals surface area (Å²) in [4.78, 5) is 17.8. The van der Waals surface area contributed by atoms with Gasteiger partial charge in [0.1, 0.15) is 17.3 Å². The van der Waals surface area contributed by atoms with Crippen molar-refractivity contribution in [3.05, 3.63) is 89.7 Å². The van der Waals surface area contributed by atoms with Gasteiger partial charge in [0.25, 0.3) is 0 Å². The second-order valence-electron chi connectivity index (χ2n) is 7.55. The van der Waals surface area contributed by atoms with E-state index >= 15 is 0 Å². The van der Waals surface area contributed by atoms with Gasteiger partial charge in [-0.25, -0.2) is 4.98 Å². The van der Waals surface area contributed by atoms with E-state index in [0.29, 0.717) is 6.54 Å². The number of para-hydroxylation sites is 4. The number of rotatable bonds is 5. The first-order chi connectivity index (χ1) is 14.7. The zero-order valence-electron chi connectivity index (χ0n) is 16.8. The lowest BCUT2D eigenvalue weighted by Crippen LogP contribution is -2.32. The van der Waals surface area contributed by atoms with Crippen molar-refractivity contribution in [2.45, 2.75) is 25.8 Å². The van der Waals surface area contributed by atoms with Gasteiger partial charge in [0.05, 0.1) is 17.0 Å². The van der Waals surface area contributed by atoms with Gasteiger partial charge in [-0.2, -0.15) is 0 Å². The molecule has 30 heavy (non-hydrogen) atoms. The van der Waals surface area contributed by atoms with Crippen molar-refractivity contribution in [1.29, 1.82) is 0 Å². The van der Waals surface area contributed by atoms with Crippen molar-refractivity contribution in [3.8, 4) is 11.5 Å². The Balaban J connectivity index is 1.30. The first kappa shape index (κ1) is 18.4. The van der Waals surface area contributed by atoms with E-state index in [2.05, 4.69) is 20.9 Å². The smallest absolute Gasteiger partial charge is 0.232 e. The highest BCUT2D eigenvalue weighted by Crippen LogP contribution is 2.43. The highest BCUT2D eigenvalue weighted by atomic mass is 16.5. The molecule has 1 aliphatic rings. The van der Waals surface area contributed by atoms with Gasteiger partial charge in [-0.15, -0.1) is 0 Å². The summed E-state index contributed by atoms with van der Waals surface area (Å²) in [5, 5.41) is 3.14. The second kappa shape index (κ2) is 7.67. The van der Waals surface area contributed by atoms with Crippen molar-refractivity contribution in [3.63, 3.8) is 0 Å². The lowest BCUT2D eigenvalue weighted by Gasteiger charge is -2.27. The highest BCUT2D eigenvalue weighted by Gasteiger charge is 2.32. The molecule has 0 saturated carbocycles. The fourth-order valence-electron chi connectivity index (χ4n) is 4.22. The highest BCUT2D eigenvalue weighted by molar-refractivity contribution is 5.89. The van der Waals surface area contributed by atoms with Crippen molar-refractivity contribution in [2.75, 3.05) is 6.54 Å². The zero-order valence-corrected chi connectivity index (χ0v) is 16.8. The number of carbonyl (C=O) groups excluding carboxylic acids is 1. The van der Waals surface area contributed by atoms with Crippen molar-refractivity contribution in [1.82, 2.24) is 14.9 Å². The van der Waals surface area contributed by atoms with Gasteiger partial charge in [0, 0.05) is 24.2 Å². The molecule has 1 N–H and O–H groups in total. The first-order valence-corrected chi connectivity index (χ1v) is 10.3. The largest absolute Gasteiger partial charge is 0.457 e. The number of benzene rings is 3. The van der Waals surface area contributed by atoms with Gasteiger partial charge < -0.3 is 14.6 Å². The molecule has 0 saturated heterocycles. The molecule has 0 aliphatic carbocycles. The maximum Gasteiger partial charge on any atom is 0.232 e. The molecule has 5 rings (SSSR count). The Labute approximate surface area is 175 Å². The number of aryl methyl sites for hydroxylation is 2. The quantitative estimate of drug-likeness (QED) is 0.493. The fourth-order valence-corrected chi connectivity index (χ4v) is 4.22. The average Bonchev–Trinajstić information content (AvgIpc) is 3.09. The lowest BCUT2D eigenvalue weighted by molar-refractivity contribution is -0.121. The Morgan fingerprint density at radius 3 is 2.33 bits per heavy atom. The van der Waals surface area contributed by atoms with Crippen LogP contribution >= 0.6 is 0 Å². The number of aromatic nitrogens is 2. The van der Waals surface area contributed by atoms with E-state index in [1.165, 1.54) is 0 Å². The Morgan fingerprint density at radius 1 is 0.967 bits per heavy atom. The molecule has 0 fully saturated rings. The molecule has 3 aromatic carbocycles. The van der Waals surface area contributed by atoms with Gasteiger partial charge in [0.2, 0.25) is 5.91 Å². The molecule has 0 bridgehead atoms. The number of imidazole rings is 1. The molecule has 0 atom stereocenters. The molecule has 150 valence electrons. The molecule has 0 spiro atoms. The first-order valence-electron chi connectivity index (χ1n) is 10.3. The summed E-state index contributed by atoms with van der Waals surface area (Å²) in [6, 6.07) is 23.7. The minimum atomic E-state index is -0.359. The number of ether oxygens (including phenoxy) is 1. The topological polar surface area (TPSA) is 56.2 Å². The van der Waals surface area contributed by atoms with Crippen molar-refractivity contribution < 1.29 is 9.53 Å².